The van der Waals surface area contributed by atoms with Crippen LogP contribution in [-0.2, 0) is 15.9 Å². The van der Waals surface area contributed by atoms with Crippen molar-refractivity contribution in [2.45, 2.75) is 64.7 Å². The van der Waals surface area contributed by atoms with Gasteiger partial charge >= 0.3 is 5.97 Å². The van der Waals surface area contributed by atoms with E-state index in [0.29, 0.717) is 0 Å². The predicted octanol–water partition coefficient (Wildman–Crippen LogP) is 3.56. The standard InChI is InChI=1S/C24H38N2O4/c1-14(2)9-17-13-26-8-7-16-10-21(28-5)22(29-6)11-18(16)19(26)12-20(17)30-24(27)23(25)15(3)4/h10-11,14-15,17,19-20,23H,7-9,12-13,25H2,1-6H3/t17?,19?,20?,23-/m0/s1/i1D3,2D3,3D3,4D3,5D3,6D3,7D2,8D2,9D2,10D,11D,14D,15D,19D,23D. The molecule has 2 heterocycles. The van der Waals surface area contributed by atoms with Gasteiger partial charge in [0.1, 0.15) is 12.1 Å². The van der Waals surface area contributed by atoms with Crippen LogP contribution in [-0.4, -0.2) is 50.1 Å². The summed E-state index contributed by atoms with van der Waals surface area (Å²) < 4.78 is 260. The van der Waals surface area contributed by atoms with E-state index in [-0.39, 0.29) is 4.90 Å². The van der Waals surface area contributed by atoms with Crippen LogP contribution in [0.5, 0.6) is 11.5 Å². The highest BCUT2D eigenvalue weighted by Gasteiger charge is 2.41. The summed E-state index contributed by atoms with van der Waals surface area (Å²) in [5, 5.41) is 0. The van der Waals surface area contributed by atoms with Gasteiger partial charge in [-0.15, -0.1) is 0 Å². The van der Waals surface area contributed by atoms with Crippen molar-refractivity contribution >= 4 is 5.97 Å². The Morgan fingerprint density at radius 1 is 1.40 bits per heavy atom. The predicted molar refractivity (Wildman–Crippen MR) is 118 cm³/mol. The summed E-state index contributed by atoms with van der Waals surface area (Å²) in [6.45, 7) is -22.3. The minimum atomic E-state index is -4.34. The molecule has 6 heteroatoms. The number of carbonyl (C=O) groups is 1. The molecular formula is C24H38N2O4. The fourth-order valence-corrected chi connectivity index (χ4v) is 3.01. The number of hydrogen-bond acceptors (Lipinski definition) is 6. The van der Waals surface area contributed by atoms with E-state index in [9.17, 15) is 6.17 Å². The van der Waals surface area contributed by atoms with Gasteiger partial charge in [-0.1, -0.05) is 27.4 Å². The third-order valence-electron chi connectivity index (χ3n) is 4.37. The Hall–Kier alpha value is -1.79. The number of hydrogen-bond donors (Lipinski definition) is 1. The molecular weight excluding hydrogens is 380 g/mol. The molecule has 2 N–H and O–H groups in total. The monoisotopic (exact) mass is 448 g/mol. The fourth-order valence-electron chi connectivity index (χ4n) is 3.01. The highest BCUT2D eigenvalue weighted by molar-refractivity contribution is 5.76. The SMILES string of the molecule is [2H]c1c(OC([2H])([2H])[2H])c(OC([2H])([2H])[2H])c([2H])c2c1C1([2H])CC(OC(=O)[C@@]([2H])(N)C([2H])(C([2H])([2H])[2H])C([2H])([2H])[2H])C(C([2H])([2H])C([2H])(C([2H])([2H])[2H])C([2H])([2H])[2H])CN1C([2H])([2H])C2([2H])[2H]. The minimum Gasteiger partial charge on any atom is -0.493 e. The Labute approximate surface area is 223 Å². The van der Waals surface area contributed by atoms with Crippen molar-refractivity contribution in [1.29, 1.82) is 0 Å². The van der Waals surface area contributed by atoms with E-state index >= 15 is 0 Å². The van der Waals surface area contributed by atoms with Crippen molar-refractivity contribution < 1.29 is 60.1 Å². The molecule has 6 nitrogen and oxygen atoms in total. The number of methoxy groups -OCH3 is 2. The van der Waals surface area contributed by atoms with Gasteiger partial charge < -0.3 is 19.9 Å². The van der Waals surface area contributed by atoms with Crippen molar-refractivity contribution in [1.82, 2.24) is 4.90 Å². The summed E-state index contributed by atoms with van der Waals surface area (Å²) in [4.78, 5) is 13.9. The second kappa shape index (κ2) is 9.56. The lowest BCUT2D eigenvalue weighted by Crippen LogP contribution is -2.51. The van der Waals surface area contributed by atoms with E-state index in [1.807, 2.05) is 0 Å². The van der Waals surface area contributed by atoms with Crippen molar-refractivity contribution in [2.75, 3.05) is 27.1 Å². The van der Waals surface area contributed by atoms with E-state index in [1.54, 1.807) is 0 Å². The zero-order valence-corrected chi connectivity index (χ0v) is 15.2. The molecule has 3 unspecified atom stereocenters. The summed E-state index contributed by atoms with van der Waals surface area (Å²) in [7, 11) is -7.24. The highest BCUT2D eigenvalue weighted by Crippen LogP contribution is 2.44. The van der Waals surface area contributed by atoms with Gasteiger partial charge in [0.05, 0.1) is 27.8 Å². The average Bonchev–Trinajstić information content (AvgIpc) is 2.98. The zero-order chi connectivity index (χ0) is 47.8. The van der Waals surface area contributed by atoms with Crippen LogP contribution in [0.15, 0.2) is 12.1 Å². The lowest BCUT2D eigenvalue weighted by Gasteiger charge is -2.47. The first-order valence-electron chi connectivity index (χ1n) is 23.3. The molecule has 0 amide bonds. The van der Waals surface area contributed by atoms with Crippen LogP contribution in [0.2, 0.25) is 0 Å². The van der Waals surface area contributed by atoms with Crippen molar-refractivity contribution in [3.05, 3.63) is 23.2 Å². The van der Waals surface area contributed by atoms with Crippen molar-refractivity contribution in [3.8, 4) is 11.5 Å². The van der Waals surface area contributed by atoms with Gasteiger partial charge in [-0.05, 0) is 47.7 Å². The molecule has 0 spiro atoms. The zero-order valence-electron chi connectivity index (χ0n) is 45.2. The van der Waals surface area contributed by atoms with Crippen LogP contribution in [0, 0.1) is 17.7 Å². The van der Waals surface area contributed by atoms with Gasteiger partial charge in [-0.3, -0.25) is 9.69 Å². The second-order valence-electron chi connectivity index (χ2n) is 6.22. The van der Waals surface area contributed by atoms with Crippen LogP contribution < -0.4 is 15.2 Å². The number of rotatable bonds is 7. The molecule has 1 saturated heterocycles. The Bertz CT molecular complexity index is 1810. The van der Waals surface area contributed by atoms with E-state index in [2.05, 4.69) is 0 Å². The molecule has 3 rings (SSSR count). The smallest absolute Gasteiger partial charge is 0.323 e. The summed E-state index contributed by atoms with van der Waals surface area (Å²) >= 11 is 0. The Morgan fingerprint density at radius 2 is 2.17 bits per heavy atom. The van der Waals surface area contributed by atoms with Gasteiger partial charge in [0.2, 0.25) is 0 Å². The molecule has 0 aliphatic carbocycles. The first kappa shape index (κ1) is 5.76. The summed E-state index contributed by atoms with van der Waals surface area (Å²) in [6, 6.07) is -10.7. The molecule has 1 aromatic rings. The fraction of sp³-hybridized carbons (Fsp3) is 0.708. The average molecular weight is 449 g/mol. The third kappa shape index (κ3) is 4.75. The molecule has 0 saturated carbocycles. The number of esters is 1. The Morgan fingerprint density at radius 3 is 2.87 bits per heavy atom. The number of nitrogens with two attached hydrogens (primary N) is 1. The van der Waals surface area contributed by atoms with E-state index in [0.717, 1.165) is 0 Å². The van der Waals surface area contributed by atoms with Crippen molar-refractivity contribution in [3.63, 3.8) is 0 Å². The minimum absolute atomic E-state index is 0.0194. The lowest BCUT2D eigenvalue weighted by atomic mass is 9.79. The first-order valence-corrected chi connectivity index (χ1v) is 8.30. The molecule has 168 valence electrons. The quantitative estimate of drug-likeness (QED) is 0.643. The number of carbonyl (C=O) groups excluding carboxylic acids is 1. The molecule has 2 aliphatic heterocycles. The number of piperidine rings is 1. The number of fused-ring (bicyclic) bond motifs is 3. The molecule has 30 heavy (non-hydrogen) atoms. The number of ether oxygens (including phenoxy) is 3. The Kier molecular flexibility index (Phi) is 1.84. The normalized spacial score (nSPS) is 50.2. The van der Waals surface area contributed by atoms with Crippen molar-refractivity contribution in [2.24, 2.45) is 23.4 Å². The van der Waals surface area contributed by atoms with Crippen LogP contribution >= 0.6 is 0 Å². The summed E-state index contributed by atoms with van der Waals surface area (Å²) in [5.41, 5.74) is 2.94. The van der Waals surface area contributed by atoms with Crippen LogP contribution in [0.3, 0.4) is 0 Å². The van der Waals surface area contributed by atoms with Crippen LogP contribution in [0.1, 0.15) is 98.5 Å². The molecule has 0 aromatic heterocycles. The van der Waals surface area contributed by atoms with E-state index < -0.39 is 150 Å². The molecule has 4 atom stereocenters. The second-order valence-corrected chi connectivity index (χ2v) is 6.22. The molecule has 1 aromatic carbocycles. The largest absolute Gasteiger partial charge is 0.493 e. The number of nitrogens with zero attached hydrogens (tertiary/aromatic N) is 1. The van der Waals surface area contributed by atoms with Gasteiger partial charge in [-0.2, -0.15) is 0 Å². The van der Waals surface area contributed by atoms with Gasteiger partial charge in [0.15, 0.2) is 11.5 Å². The number of benzene rings is 1. The topological polar surface area (TPSA) is 74.0 Å². The Balaban J connectivity index is 2.60. The molecule has 1 fully saturated rings. The van der Waals surface area contributed by atoms with Crippen LogP contribution in [0.25, 0.3) is 0 Å². The summed E-state index contributed by atoms with van der Waals surface area (Å²) in [6.07, 6.45) is -12.5. The molecule has 0 bridgehead atoms. The lowest BCUT2D eigenvalue weighted by molar-refractivity contribution is -0.160. The first-order chi connectivity index (χ1) is 26.0. The third-order valence-corrected chi connectivity index (χ3v) is 4.37. The molecule has 0 radical (unpaired) electrons. The van der Waals surface area contributed by atoms with E-state index in [4.69, 9.17) is 59.7 Å². The molecule has 2 aliphatic rings. The maximum Gasteiger partial charge on any atom is 0.323 e. The summed E-state index contributed by atoms with van der Waals surface area (Å²) in [5.74, 6) is -17.0. The van der Waals surface area contributed by atoms with E-state index in [1.165, 1.54) is 0 Å². The van der Waals surface area contributed by atoms with Gasteiger partial charge in [-0.25, -0.2) is 0 Å². The maximum atomic E-state index is 13.9. The van der Waals surface area contributed by atoms with Gasteiger partial charge in [0.25, 0.3) is 0 Å². The van der Waals surface area contributed by atoms with Gasteiger partial charge in [0, 0.05) is 58.8 Å². The highest BCUT2D eigenvalue weighted by atomic mass is 16.5. The van der Waals surface area contributed by atoms with Crippen LogP contribution in [0.4, 0.5) is 0 Å². The maximum absolute atomic E-state index is 13.9.